The predicted octanol–water partition coefficient (Wildman–Crippen LogP) is 4.06. The third-order valence-electron chi connectivity index (χ3n) is 5.27. The fourth-order valence-corrected chi connectivity index (χ4v) is 3.52. The summed E-state index contributed by atoms with van der Waals surface area (Å²) in [4.78, 5) is 14.1. The van der Waals surface area contributed by atoms with Gasteiger partial charge < -0.3 is 9.33 Å². The highest BCUT2D eigenvalue weighted by Gasteiger charge is 2.46. The number of benzene rings is 1. The van der Waals surface area contributed by atoms with Gasteiger partial charge in [-0.2, -0.15) is 0 Å². The molecule has 1 fully saturated rings. The van der Waals surface area contributed by atoms with Crippen molar-refractivity contribution in [2.24, 2.45) is 5.92 Å². The molecule has 1 aliphatic heterocycles. The van der Waals surface area contributed by atoms with Crippen LogP contribution < -0.4 is 0 Å². The fourth-order valence-electron chi connectivity index (χ4n) is 2.50. The summed E-state index contributed by atoms with van der Waals surface area (Å²) >= 11 is 0. The smallest absolute Gasteiger partial charge is 0.228 e. The minimum Gasteiger partial charge on any atom is -0.415 e. The van der Waals surface area contributed by atoms with Crippen LogP contribution in [0.1, 0.15) is 33.3 Å². The summed E-state index contributed by atoms with van der Waals surface area (Å²) in [7, 11) is -1.76. The maximum absolute atomic E-state index is 12.2. The zero-order valence-corrected chi connectivity index (χ0v) is 15.7. The molecule has 0 aliphatic carbocycles. The van der Waals surface area contributed by atoms with Crippen molar-refractivity contribution in [3.05, 3.63) is 35.9 Å². The Balaban J connectivity index is 1.99. The number of amides is 1. The van der Waals surface area contributed by atoms with Gasteiger partial charge in [0, 0.05) is 6.54 Å². The molecule has 1 aromatic rings. The zero-order chi connectivity index (χ0) is 16.5. The second kappa shape index (κ2) is 6.17. The Hall–Kier alpha value is -1.13. The fraction of sp³-hybridized carbons (Fsp3) is 0.611. The molecule has 0 unspecified atom stereocenters. The lowest BCUT2D eigenvalue weighted by molar-refractivity contribution is -0.158. The van der Waals surface area contributed by atoms with E-state index in [9.17, 15) is 4.79 Å². The lowest BCUT2D eigenvalue weighted by atomic mass is 9.89. The molecule has 1 aliphatic rings. The summed E-state index contributed by atoms with van der Waals surface area (Å²) in [6.45, 7) is 14.6. The van der Waals surface area contributed by atoms with Crippen molar-refractivity contribution in [3.63, 3.8) is 0 Å². The topological polar surface area (TPSA) is 29.5 Å². The van der Waals surface area contributed by atoms with Crippen LogP contribution in [-0.2, 0) is 15.8 Å². The van der Waals surface area contributed by atoms with Crippen molar-refractivity contribution >= 4 is 14.2 Å². The number of likely N-dealkylation sites (tertiary alicyclic amines) is 1. The molecule has 0 radical (unpaired) electrons. The molecule has 2 atom stereocenters. The van der Waals surface area contributed by atoms with Crippen LogP contribution in [0.25, 0.3) is 0 Å². The van der Waals surface area contributed by atoms with Gasteiger partial charge in [-0.05, 0) is 23.7 Å². The maximum Gasteiger partial charge on any atom is 0.228 e. The lowest BCUT2D eigenvalue weighted by Crippen LogP contribution is -2.62. The van der Waals surface area contributed by atoms with E-state index in [2.05, 4.69) is 46.0 Å². The van der Waals surface area contributed by atoms with Gasteiger partial charge in [-0.25, -0.2) is 0 Å². The maximum atomic E-state index is 12.2. The molecule has 3 nitrogen and oxygen atoms in total. The Morgan fingerprint density at radius 3 is 2.32 bits per heavy atom. The van der Waals surface area contributed by atoms with E-state index in [0.717, 1.165) is 0 Å². The molecule has 122 valence electrons. The van der Waals surface area contributed by atoms with Gasteiger partial charge in [0.05, 0.1) is 18.6 Å². The van der Waals surface area contributed by atoms with E-state index in [1.165, 1.54) is 5.56 Å². The summed E-state index contributed by atoms with van der Waals surface area (Å²) < 4.78 is 6.33. The van der Waals surface area contributed by atoms with Crippen LogP contribution in [0.5, 0.6) is 0 Å². The number of rotatable bonds is 5. The first kappa shape index (κ1) is 17.2. The molecule has 1 saturated heterocycles. The average molecular weight is 320 g/mol. The Morgan fingerprint density at radius 2 is 1.77 bits per heavy atom. The standard InChI is InChI=1S/C18H29NO2Si/c1-14-16(13-21-22(5,6)18(2,3)4)19(17(14)20)12-15-10-8-7-9-11-15/h7-11,14,16H,12-13H2,1-6H3/t14-,16-/m1/s1. The Labute approximate surface area is 135 Å². The van der Waals surface area contributed by atoms with Crippen molar-refractivity contribution in [2.45, 2.75) is 58.4 Å². The largest absolute Gasteiger partial charge is 0.415 e. The molecule has 1 heterocycles. The number of β-lactam (4-membered cyclic amide) rings is 1. The van der Waals surface area contributed by atoms with Crippen LogP contribution in [-0.4, -0.2) is 31.8 Å². The highest BCUT2D eigenvalue weighted by Crippen LogP contribution is 2.38. The van der Waals surface area contributed by atoms with E-state index in [0.29, 0.717) is 13.2 Å². The molecule has 0 aromatic heterocycles. The number of nitrogens with zero attached hydrogens (tertiary/aromatic N) is 1. The van der Waals surface area contributed by atoms with E-state index in [4.69, 9.17) is 4.43 Å². The van der Waals surface area contributed by atoms with Gasteiger partial charge in [0.15, 0.2) is 8.32 Å². The second-order valence-electron chi connectivity index (χ2n) is 7.88. The van der Waals surface area contributed by atoms with E-state index < -0.39 is 8.32 Å². The molecule has 0 saturated carbocycles. The summed E-state index contributed by atoms with van der Waals surface area (Å²) in [5, 5.41) is 0.203. The second-order valence-corrected chi connectivity index (χ2v) is 12.7. The first-order chi connectivity index (χ1) is 10.1. The number of carbonyl (C=O) groups is 1. The van der Waals surface area contributed by atoms with Gasteiger partial charge in [-0.15, -0.1) is 0 Å². The number of carbonyl (C=O) groups excluding carboxylic acids is 1. The SMILES string of the molecule is C[C@H]1C(=O)N(Cc2ccccc2)[C@@H]1CO[Si](C)(C)C(C)(C)C. The zero-order valence-electron chi connectivity index (χ0n) is 14.7. The van der Waals surface area contributed by atoms with E-state index in [1.807, 2.05) is 30.0 Å². The molecule has 2 rings (SSSR count). The third kappa shape index (κ3) is 3.44. The van der Waals surface area contributed by atoms with Crippen molar-refractivity contribution in [1.82, 2.24) is 4.90 Å². The van der Waals surface area contributed by atoms with Gasteiger partial charge in [0.2, 0.25) is 5.91 Å². The van der Waals surface area contributed by atoms with Crippen LogP contribution in [0, 0.1) is 5.92 Å². The first-order valence-electron chi connectivity index (χ1n) is 8.12. The summed E-state index contributed by atoms with van der Waals surface area (Å²) in [5.74, 6) is 0.321. The first-order valence-corrected chi connectivity index (χ1v) is 11.0. The van der Waals surface area contributed by atoms with Crippen molar-refractivity contribution in [2.75, 3.05) is 6.61 Å². The van der Waals surface area contributed by atoms with Crippen molar-refractivity contribution < 1.29 is 9.22 Å². The van der Waals surface area contributed by atoms with Crippen LogP contribution in [0.3, 0.4) is 0 Å². The quantitative estimate of drug-likeness (QED) is 0.605. The molecule has 1 aromatic carbocycles. The number of hydrogen-bond acceptors (Lipinski definition) is 2. The summed E-state index contributed by atoms with van der Waals surface area (Å²) in [6.07, 6.45) is 0. The van der Waals surface area contributed by atoms with Crippen molar-refractivity contribution in [1.29, 1.82) is 0 Å². The Morgan fingerprint density at radius 1 is 1.18 bits per heavy atom. The van der Waals surface area contributed by atoms with E-state index in [-0.39, 0.29) is 22.9 Å². The highest BCUT2D eigenvalue weighted by atomic mass is 28.4. The molecular formula is C18H29NO2Si. The molecule has 4 heteroatoms. The van der Waals surface area contributed by atoms with Crippen LogP contribution in [0.4, 0.5) is 0 Å². The number of hydrogen-bond donors (Lipinski definition) is 0. The van der Waals surface area contributed by atoms with Crippen LogP contribution in [0.15, 0.2) is 30.3 Å². The molecular weight excluding hydrogens is 290 g/mol. The Bertz CT molecular complexity index is 522. The van der Waals surface area contributed by atoms with Gasteiger partial charge in [-0.1, -0.05) is 58.0 Å². The van der Waals surface area contributed by atoms with E-state index >= 15 is 0 Å². The third-order valence-corrected chi connectivity index (χ3v) is 9.77. The van der Waals surface area contributed by atoms with Gasteiger partial charge >= 0.3 is 0 Å². The van der Waals surface area contributed by atoms with Crippen molar-refractivity contribution in [3.8, 4) is 0 Å². The minimum atomic E-state index is -1.76. The monoisotopic (exact) mass is 319 g/mol. The Kier molecular flexibility index (Phi) is 4.83. The van der Waals surface area contributed by atoms with Crippen LogP contribution in [0.2, 0.25) is 18.1 Å². The molecule has 0 bridgehead atoms. The molecule has 0 N–H and O–H groups in total. The minimum absolute atomic E-state index is 0.0773. The van der Waals surface area contributed by atoms with Crippen LogP contribution >= 0.6 is 0 Å². The summed E-state index contributed by atoms with van der Waals surface area (Å²) in [5.41, 5.74) is 1.18. The summed E-state index contributed by atoms with van der Waals surface area (Å²) in [6, 6.07) is 10.4. The van der Waals surface area contributed by atoms with Gasteiger partial charge in [0.1, 0.15) is 0 Å². The average Bonchev–Trinajstić information content (AvgIpc) is 2.45. The lowest BCUT2D eigenvalue weighted by Gasteiger charge is -2.48. The van der Waals surface area contributed by atoms with E-state index in [1.54, 1.807) is 0 Å². The molecule has 0 spiro atoms. The molecule has 1 amide bonds. The van der Waals surface area contributed by atoms with Gasteiger partial charge in [0.25, 0.3) is 0 Å². The van der Waals surface area contributed by atoms with Gasteiger partial charge in [-0.3, -0.25) is 4.79 Å². The normalized spacial score (nSPS) is 22.6. The highest BCUT2D eigenvalue weighted by molar-refractivity contribution is 6.74. The molecule has 22 heavy (non-hydrogen) atoms. The predicted molar refractivity (Wildman–Crippen MR) is 93.1 cm³/mol.